The molecule has 1 aromatic carbocycles. The van der Waals surface area contributed by atoms with Gasteiger partial charge in [0.25, 0.3) is 5.56 Å². The quantitative estimate of drug-likeness (QED) is 0.919. The van der Waals surface area contributed by atoms with Crippen LogP contribution in [0.25, 0.3) is 0 Å². The molecule has 0 saturated heterocycles. The lowest BCUT2D eigenvalue weighted by Gasteiger charge is -2.07. The first-order valence-electron chi connectivity index (χ1n) is 5.85. The first kappa shape index (κ1) is 13.2. The second kappa shape index (κ2) is 5.60. The van der Waals surface area contributed by atoms with Crippen LogP contribution in [0.1, 0.15) is 12.5 Å². The smallest absolute Gasteiger partial charge is 0.269 e. The van der Waals surface area contributed by atoms with Crippen LogP contribution in [0.2, 0.25) is 0 Å². The van der Waals surface area contributed by atoms with Gasteiger partial charge in [-0.1, -0.05) is 6.07 Å². The fraction of sp³-hybridized carbons (Fsp3) is 0.231. The van der Waals surface area contributed by atoms with Gasteiger partial charge < -0.3 is 5.32 Å². The molecule has 0 spiro atoms. The standard InChI is InChI=1S/C13H13F2N3O/c1-2-16-11-6-13(19)18(17-7-11)8-9-3-4-10(14)5-12(9)15/h3-7,16H,2,8H2,1H3. The van der Waals surface area contributed by atoms with Crippen LogP contribution in [0, 0.1) is 11.6 Å². The van der Waals surface area contributed by atoms with Gasteiger partial charge in [-0.3, -0.25) is 4.79 Å². The molecule has 19 heavy (non-hydrogen) atoms. The van der Waals surface area contributed by atoms with Crippen molar-refractivity contribution in [3.05, 3.63) is 58.0 Å². The number of halogens is 2. The van der Waals surface area contributed by atoms with Gasteiger partial charge in [0.15, 0.2) is 0 Å². The largest absolute Gasteiger partial charge is 0.384 e. The molecular weight excluding hydrogens is 252 g/mol. The van der Waals surface area contributed by atoms with E-state index in [1.165, 1.54) is 18.3 Å². The number of benzene rings is 1. The molecular formula is C13H13F2N3O. The van der Waals surface area contributed by atoms with Crippen LogP contribution in [-0.4, -0.2) is 16.3 Å². The average molecular weight is 265 g/mol. The van der Waals surface area contributed by atoms with Crippen molar-refractivity contribution in [1.29, 1.82) is 0 Å². The van der Waals surface area contributed by atoms with Crippen LogP contribution < -0.4 is 10.9 Å². The van der Waals surface area contributed by atoms with E-state index >= 15 is 0 Å². The van der Waals surface area contributed by atoms with Crippen molar-refractivity contribution in [2.24, 2.45) is 0 Å². The number of hydrogen-bond acceptors (Lipinski definition) is 3. The number of hydrogen-bond donors (Lipinski definition) is 1. The van der Waals surface area contributed by atoms with E-state index in [1.807, 2.05) is 6.92 Å². The van der Waals surface area contributed by atoms with Gasteiger partial charge >= 0.3 is 0 Å². The number of rotatable bonds is 4. The fourth-order valence-electron chi connectivity index (χ4n) is 1.66. The van der Waals surface area contributed by atoms with Crippen LogP contribution in [0.3, 0.4) is 0 Å². The topological polar surface area (TPSA) is 46.9 Å². The second-order valence-electron chi connectivity index (χ2n) is 4.01. The van der Waals surface area contributed by atoms with Crippen LogP contribution in [0.5, 0.6) is 0 Å². The molecule has 0 unspecified atom stereocenters. The van der Waals surface area contributed by atoms with Gasteiger partial charge in [-0.05, 0) is 13.0 Å². The Labute approximate surface area is 108 Å². The minimum absolute atomic E-state index is 0.0304. The molecule has 0 aliphatic heterocycles. The summed E-state index contributed by atoms with van der Waals surface area (Å²) in [6.45, 7) is 2.55. The van der Waals surface area contributed by atoms with Crippen molar-refractivity contribution in [3.8, 4) is 0 Å². The summed E-state index contributed by atoms with van der Waals surface area (Å²) >= 11 is 0. The molecule has 100 valence electrons. The van der Waals surface area contributed by atoms with Crippen molar-refractivity contribution < 1.29 is 8.78 Å². The molecule has 0 saturated carbocycles. The van der Waals surface area contributed by atoms with Gasteiger partial charge in [-0.15, -0.1) is 0 Å². The summed E-state index contributed by atoms with van der Waals surface area (Å²) in [6, 6.07) is 4.62. The molecule has 0 aliphatic carbocycles. The Morgan fingerprint density at radius 1 is 1.32 bits per heavy atom. The summed E-state index contributed by atoms with van der Waals surface area (Å²) in [5.41, 5.74) is 0.484. The van der Waals surface area contributed by atoms with Gasteiger partial charge in [0.2, 0.25) is 0 Å². The zero-order valence-corrected chi connectivity index (χ0v) is 10.4. The van der Waals surface area contributed by atoms with Crippen molar-refractivity contribution in [3.63, 3.8) is 0 Å². The highest BCUT2D eigenvalue weighted by atomic mass is 19.1. The van der Waals surface area contributed by atoms with Gasteiger partial charge in [-0.2, -0.15) is 5.10 Å². The summed E-state index contributed by atoms with van der Waals surface area (Å²) in [4.78, 5) is 11.8. The molecule has 1 aromatic heterocycles. The third-order valence-electron chi connectivity index (χ3n) is 2.59. The number of nitrogens with zero attached hydrogens (tertiary/aromatic N) is 2. The van der Waals surface area contributed by atoms with E-state index in [2.05, 4.69) is 10.4 Å². The van der Waals surface area contributed by atoms with Gasteiger partial charge in [0.1, 0.15) is 11.6 Å². The minimum atomic E-state index is -0.690. The van der Waals surface area contributed by atoms with E-state index in [4.69, 9.17) is 0 Å². The predicted molar refractivity (Wildman–Crippen MR) is 68.1 cm³/mol. The van der Waals surface area contributed by atoms with Gasteiger partial charge in [0.05, 0.1) is 18.4 Å². The van der Waals surface area contributed by atoms with Gasteiger partial charge in [-0.25, -0.2) is 13.5 Å². The molecule has 1 N–H and O–H groups in total. The monoisotopic (exact) mass is 265 g/mol. The Bertz CT molecular complexity index is 640. The predicted octanol–water partition coefficient (Wildman–Crippen LogP) is 2.00. The molecule has 1 heterocycles. The fourth-order valence-corrected chi connectivity index (χ4v) is 1.66. The first-order valence-corrected chi connectivity index (χ1v) is 5.85. The lowest BCUT2D eigenvalue weighted by atomic mass is 10.2. The Morgan fingerprint density at radius 2 is 2.11 bits per heavy atom. The maximum absolute atomic E-state index is 13.5. The zero-order chi connectivity index (χ0) is 13.8. The molecule has 4 nitrogen and oxygen atoms in total. The summed E-state index contributed by atoms with van der Waals surface area (Å²) < 4.78 is 27.4. The van der Waals surface area contributed by atoms with Gasteiger partial charge in [0, 0.05) is 24.2 Å². The average Bonchev–Trinajstić information content (AvgIpc) is 2.36. The second-order valence-corrected chi connectivity index (χ2v) is 4.01. The molecule has 0 atom stereocenters. The third kappa shape index (κ3) is 3.15. The normalized spacial score (nSPS) is 10.5. The highest BCUT2D eigenvalue weighted by Crippen LogP contribution is 2.10. The minimum Gasteiger partial charge on any atom is -0.384 e. The van der Waals surface area contributed by atoms with Crippen molar-refractivity contribution in [2.75, 3.05) is 11.9 Å². The lowest BCUT2D eigenvalue weighted by molar-refractivity contribution is 0.551. The maximum atomic E-state index is 13.5. The molecule has 0 amide bonds. The Balaban J connectivity index is 2.26. The lowest BCUT2D eigenvalue weighted by Crippen LogP contribution is -2.23. The van der Waals surface area contributed by atoms with E-state index < -0.39 is 11.6 Å². The summed E-state index contributed by atoms with van der Waals surface area (Å²) in [5, 5.41) is 6.90. The zero-order valence-electron chi connectivity index (χ0n) is 10.4. The first-order chi connectivity index (χ1) is 9.10. The molecule has 2 rings (SSSR count). The van der Waals surface area contributed by atoms with Crippen molar-refractivity contribution in [2.45, 2.75) is 13.5 Å². The van der Waals surface area contributed by atoms with Crippen molar-refractivity contribution in [1.82, 2.24) is 9.78 Å². The Kier molecular flexibility index (Phi) is 3.89. The van der Waals surface area contributed by atoms with Crippen LogP contribution in [-0.2, 0) is 6.54 Å². The molecule has 0 fully saturated rings. The van der Waals surface area contributed by atoms with E-state index in [0.29, 0.717) is 12.2 Å². The van der Waals surface area contributed by atoms with Crippen molar-refractivity contribution >= 4 is 5.69 Å². The van der Waals surface area contributed by atoms with Crippen LogP contribution in [0.15, 0.2) is 35.3 Å². The number of nitrogens with one attached hydrogen (secondary N) is 1. The highest BCUT2D eigenvalue weighted by Gasteiger charge is 2.06. The Hall–Kier alpha value is -2.24. The summed E-state index contributed by atoms with van der Waals surface area (Å²) in [6.07, 6.45) is 1.49. The summed E-state index contributed by atoms with van der Waals surface area (Å²) in [7, 11) is 0. The number of aromatic nitrogens is 2. The molecule has 2 aromatic rings. The van der Waals surface area contributed by atoms with Crippen LogP contribution in [0.4, 0.5) is 14.5 Å². The Morgan fingerprint density at radius 3 is 2.74 bits per heavy atom. The number of anilines is 1. The maximum Gasteiger partial charge on any atom is 0.269 e. The highest BCUT2D eigenvalue weighted by molar-refractivity contribution is 5.38. The van der Waals surface area contributed by atoms with E-state index in [1.54, 1.807) is 0 Å². The van der Waals surface area contributed by atoms with E-state index in [9.17, 15) is 13.6 Å². The van der Waals surface area contributed by atoms with E-state index in [-0.39, 0.29) is 17.7 Å². The third-order valence-corrected chi connectivity index (χ3v) is 2.59. The van der Waals surface area contributed by atoms with E-state index in [0.717, 1.165) is 16.8 Å². The molecule has 0 bridgehead atoms. The molecule has 0 aliphatic rings. The van der Waals surface area contributed by atoms with Crippen LogP contribution >= 0.6 is 0 Å². The molecule has 6 heteroatoms. The SMILES string of the molecule is CCNc1cnn(Cc2ccc(F)cc2F)c(=O)c1. The summed E-state index contributed by atoms with van der Waals surface area (Å²) in [5.74, 6) is -1.34. The molecule has 0 radical (unpaired) electrons.